The molecule has 0 aliphatic rings. The highest BCUT2D eigenvalue weighted by atomic mass is 16.1. The van der Waals surface area contributed by atoms with Crippen LogP contribution in [0.4, 0.5) is 0 Å². The van der Waals surface area contributed by atoms with Gasteiger partial charge in [0, 0.05) is 0 Å². The molecule has 1 nitrogen and oxygen atoms in total. The quantitative estimate of drug-likeness (QED) is 0.512. The van der Waals surface area contributed by atoms with Crippen molar-refractivity contribution in [3.8, 4) is 0 Å². The van der Waals surface area contributed by atoms with Gasteiger partial charge in [0.25, 0.3) is 0 Å². The van der Waals surface area contributed by atoms with Gasteiger partial charge in [-0.2, -0.15) is 0 Å². The lowest BCUT2D eigenvalue weighted by Crippen LogP contribution is -1.93. The Labute approximate surface area is 65.8 Å². The van der Waals surface area contributed by atoms with Crippen LogP contribution in [0.1, 0.15) is 49.0 Å². The summed E-state index contributed by atoms with van der Waals surface area (Å²) in [6.45, 7) is 11.8. The first-order valence-electron chi connectivity index (χ1n) is 3.20. The molecule has 64 valence electrons. The zero-order chi connectivity index (χ0) is 8.08. The van der Waals surface area contributed by atoms with E-state index in [0.29, 0.717) is 5.41 Å². The van der Waals surface area contributed by atoms with Gasteiger partial charge in [-0.3, -0.25) is 0 Å². The number of ketones is 1. The molecule has 0 heterocycles. The lowest BCUT2D eigenvalue weighted by molar-refractivity contribution is -0.114. The Hall–Kier alpha value is -0.330. The van der Waals surface area contributed by atoms with E-state index in [4.69, 9.17) is 0 Å². The number of carbonyl (C=O) groups is 1. The van der Waals surface area contributed by atoms with E-state index in [1.807, 2.05) is 0 Å². The number of rotatable bonds is 0. The van der Waals surface area contributed by atoms with Crippen molar-refractivity contribution in [2.45, 2.75) is 49.0 Å². The van der Waals surface area contributed by atoms with Crippen LogP contribution < -0.4 is 0 Å². The fourth-order valence-electron chi connectivity index (χ4n) is 0. The van der Waals surface area contributed by atoms with Crippen molar-refractivity contribution < 1.29 is 4.79 Å². The molecule has 0 aromatic heterocycles. The molecule has 0 atom stereocenters. The second-order valence-corrected chi connectivity index (χ2v) is 3.91. The summed E-state index contributed by atoms with van der Waals surface area (Å²) in [7, 11) is 0. The molecular weight excluding hydrogens is 124 g/mol. The van der Waals surface area contributed by atoms with Crippen LogP contribution in [0, 0.1) is 5.41 Å². The van der Waals surface area contributed by atoms with Crippen molar-refractivity contribution in [2.24, 2.45) is 5.41 Å². The van der Waals surface area contributed by atoms with E-state index in [9.17, 15) is 4.79 Å². The molecule has 0 fully saturated rings. The summed E-state index contributed by atoms with van der Waals surface area (Å²) < 4.78 is 0. The van der Waals surface area contributed by atoms with Crippen molar-refractivity contribution in [3.05, 3.63) is 0 Å². The van der Waals surface area contributed by atoms with E-state index in [0.717, 1.165) is 0 Å². The molecule has 0 saturated heterocycles. The molecule has 10 heavy (non-hydrogen) atoms. The van der Waals surface area contributed by atoms with Gasteiger partial charge < -0.3 is 4.79 Å². The molecule has 0 saturated carbocycles. The molecule has 0 unspecified atom stereocenters. The van der Waals surface area contributed by atoms with Crippen LogP contribution in [0.3, 0.4) is 0 Å². The van der Waals surface area contributed by atoms with Gasteiger partial charge in [-0.05, 0) is 19.3 Å². The zero-order valence-corrected chi connectivity index (χ0v) is 7.41. The molecule has 1 heteroatoms. The fourth-order valence-corrected chi connectivity index (χ4v) is 0. The SMILES string of the molecule is C.CC(C)(C)C.CC(C)=O. The van der Waals surface area contributed by atoms with Gasteiger partial charge in [-0.1, -0.05) is 35.1 Å². The standard InChI is InChI=1S/C5H12.C3H6O.CH4/c1-5(2,3)4;1-3(2)4;/h1-4H3;1-2H3;1H4. The normalized spacial score (nSPS) is 8.60. The van der Waals surface area contributed by atoms with Gasteiger partial charge in [0.05, 0.1) is 0 Å². The number of Topliss-reactive ketones (excluding diaryl/α,β-unsaturated/α-hetero) is 1. The summed E-state index contributed by atoms with van der Waals surface area (Å²) in [5.41, 5.74) is 0.500. The van der Waals surface area contributed by atoms with Gasteiger partial charge in [0.2, 0.25) is 0 Å². The van der Waals surface area contributed by atoms with Gasteiger partial charge in [0.15, 0.2) is 0 Å². The van der Waals surface area contributed by atoms with Crippen LogP contribution in [-0.4, -0.2) is 5.78 Å². The number of hydrogen-bond donors (Lipinski definition) is 0. The van der Waals surface area contributed by atoms with Gasteiger partial charge in [-0.15, -0.1) is 0 Å². The van der Waals surface area contributed by atoms with E-state index in [-0.39, 0.29) is 13.2 Å². The van der Waals surface area contributed by atoms with E-state index < -0.39 is 0 Å². The average Bonchev–Trinajstić information content (AvgIpc) is 1.19. The van der Waals surface area contributed by atoms with Crippen molar-refractivity contribution in [1.82, 2.24) is 0 Å². The lowest BCUT2D eigenvalue weighted by atomic mass is 10.0. The minimum absolute atomic E-state index is 0. The van der Waals surface area contributed by atoms with Crippen molar-refractivity contribution in [3.63, 3.8) is 0 Å². The highest BCUT2D eigenvalue weighted by Gasteiger charge is 1.95. The average molecular weight is 146 g/mol. The van der Waals surface area contributed by atoms with Crippen LogP contribution in [0.5, 0.6) is 0 Å². The third kappa shape index (κ3) is 3130. The Bertz CT molecular complexity index is 67.2. The molecule has 0 aliphatic carbocycles. The Morgan fingerprint density at radius 1 is 1.00 bits per heavy atom. The van der Waals surface area contributed by atoms with Crippen molar-refractivity contribution in [1.29, 1.82) is 0 Å². The summed E-state index contributed by atoms with van der Waals surface area (Å²) in [4.78, 5) is 9.44. The first-order chi connectivity index (χ1) is 3.73. The first kappa shape index (κ1) is 16.3. The topological polar surface area (TPSA) is 17.1 Å². The largest absolute Gasteiger partial charge is 0.300 e. The molecule has 0 aromatic carbocycles. The summed E-state index contributed by atoms with van der Waals surface area (Å²) in [6, 6.07) is 0. The maximum atomic E-state index is 9.44. The zero-order valence-electron chi connectivity index (χ0n) is 7.41. The van der Waals surface area contributed by atoms with Crippen LogP contribution in [0.2, 0.25) is 0 Å². The molecule has 0 aliphatic heterocycles. The Kier molecular flexibility index (Phi) is 11.1. The predicted octanol–water partition coefficient (Wildman–Crippen LogP) is 3.28. The van der Waals surface area contributed by atoms with Crippen molar-refractivity contribution >= 4 is 5.78 Å². The Balaban J connectivity index is -0.0000000910. The third-order valence-electron chi connectivity index (χ3n) is 0. The molecule has 0 bridgehead atoms. The molecule has 0 rings (SSSR count). The molecule has 0 aromatic rings. The molecule has 0 spiro atoms. The molecule has 0 N–H and O–H groups in total. The van der Waals surface area contributed by atoms with Gasteiger partial charge >= 0.3 is 0 Å². The summed E-state index contributed by atoms with van der Waals surface area (Å²) >= 11 is 0. The monoisotopic (exact) mass is 146 g/mol. The fraction of sp³-hybridized carbons (Fsp3) is 0.889. The van der Waals surface area contributed by atoms with Crippen LogP contribution >= 0.6 is 0 Å². The molecule has 0 radical (unpaired) electrons. The highest BCUT2D eigenvalue weighted by Crippen LogP contribution is 2.07. The van der Waals surface area contributed by atoms with Gasteiger partial charge in [-0.25, -0.2) is 0 Å². The Morgan fingerprint density at radius 2 is 1.00 bits per heavy atom. The highest BCUT2D eigenvalue weighted by molar-refractivity contribution is 5.72. The van der Waals surface area contributed by atoms with E-state index in [1.54, 1.807) is 0 Å². The maximum absolute atomic E-state index is 9.44. The second-order valence-electron chi connectivity index (χ2n) is 3.91. The van der Waals surface area contributed by atoms with E-state index in [2.05, 4.69) is 27.7 Å². The molecule has 0 amide bonds. The predicted molar refractivity (Wildman–Crippen MR) is 48.2 cm³/mol. The van der Waals surface area contributed by atoms with Gasteiger partial charge in [0.1, 0.15) is 5.78 Å². The summed E-state index contributed by atoms with van der Waals surface area (Å²) in [6.07, 6.45) is 0. The molecular formula is C9H22O. The van der Waals surface area contributed by atoms with E-state index >= 15 is 0 Å². The summed E-state index contributed by atoms with van der Waals surface area (Å²) in [5, 5.41) is 0. The smallest absolute Gasteiger partial charge is 0.126 e. The minimum atomic E-state index is 0. The van der Waals surface area contributed by atoms with Crippen molar-refractivity contribution in [2.75, 3.05) is 0 Å². The Morgan fingerprint density at radius 3 is 1.00 bits per heavy atom. The van der Waals surface area contributed by atoms with E-state index in [1.165, 1.54) is 13.8 Å². The maximum Gasteiger partial charge on any atom is 0.126 e. The van der Waals surface area contributed by atoms with Crippen LogP contribution in [0.25, 0.3) is 0 Å². The minimum Gasteiger partial charge on any atom is -0.300 e. The lowest BCUT2D eigenvalue weighted by Gasteiger charge is -2.05. The van der Waals surface area contributed by atoms with Crippen LogP contribution in [-0.2, 0) is 4.79 Å². The van der Waals surface area contributed by atoms with Crippen LogP contribution in [0.15, 0.2) is 0 Å². The third-order valence-corrected chi connectivity index (χ3v) is 0. The number of carbonyl (C=O) groups excluding carboxylic acids is 1. The second kappa shape index (κ2) is 6.79. The summed E-state index contributed by atoms with van der Waals surface area (Å²) in [5.74, 6) is 0.167. The first-order valence-corrected chi connectivity index (χ1v) is 3.20. The number of hydrogen-bond acceptors (Lipinski definition) is 1.